The minimum atomic E-state index is -0.0707. The number of para-hydroxylation sites is 1. The summed E-state index contributed by atoms with van der Waals surface area (Å²) in [5.41, 5.74) is 4.02. The van der Waals surface area contributed by atoms with Gasteiger partial charge in [-0.2, -0.15) is 0 Å². The van der Waals surface area contributed by atoms with Crippen LogP contribution in [0, 0.1) is 0 Å². The van der Waals surface area contributed by atoms with Crippen LogP contribution in [0.25, 0.3) is 10.9 Å². The lowest BCUT2D eigenvalue weighted by Gasteiger charge is -2.28. The number of fused-ring (bicyclic) bond motifs is 3. The van der Waals surface area contributed by atoms with Crippen LogP contribution in [0.1, 0.15) is 21.6 Å². The SMILES string of the molecule is COc1cccc(OC)c1C(=O)N1CCc2c([nH]c3ccccc23)C1. The highest BCUT2D eigenvalue weighted by atomic mass is 16.5. The van der Waals surface area contributed by atoms with E-state index >= 15 is 0 Å². The smallest absolute Gasteiger partial charge is 0.261 e. The first-order valence-electron chi connectivity index (χ1n) is 8.31. The zero-order chi connectivity index (χ0) is 17.4. The molecule has 0 radical (unpaired) electrons. The molecule has 1 amide bonds. The van der Waals surface area contributed by atoms with E-state index in [4.69, 9.17) is 9.47 Å². The van der Waals surface area contributed by atoms with E-state index in [0.717, 1.165) is 17.6 Å². The van der Waals surface area contributed by atoms with Crippen molar-refractivity contribution in [1.29, 1.82) is 0 Å². The number of H-pyrrole nitrogens is 1. The van der Waals surface area contributed by atoms with E-state index in [2.05, 4.69) is 17.1 Å². The van der Waals surface area contributed by atoms with Crippen molar-refractivity contribution in [3.63, 3.8) is 0 Å². The molecule has 1 aliphatic rings. The zero-order valence-corrected chi connectivity index (χ0v) is 14.3. The molecule has 1 N–H and O–H groups in total. The first-order chi connectivity index (χ1) is 12.2. The van der Waals surface area contributed by atoms with Gasteiger partial charge in [-0.1, -0.05) is 24.3 Å². The van der Waals surface area contributed by atoms with Crippen LogP contribution in [0.2, 0.25) is 0 Å². The fourth-order valence-corrected chi connectivity index (χ4v) is 3.59. The molecule has 0 unspecified atom stereocenters. The Kier molecular flexibility index (Phi) is 3.84. The third kappa shape index (κ3) is 2.52. The molecule has 1 aliphatic heterocycles. The average Bonchev–Trinajstić information content (AvgIpc) is 3.04. The molecule has 0 spiro atoms. The number of carbonyl (C=O) groups excluding carboxylic acids is 1. The van der Waals surface area contributed by atoms with Crippen molar-refractivity contribution in [1.82, 2.24) is 9.88 Å². The lowest BCUT2D eigenvalue weighted by Crippen LogP contribution is -2.36. The van der Waals surface area contributed by atoms with Gasteiger partial charge in [-0.3, -0.25) is 4.79 Å². The summed E-state index contributed by atoms with van der Waals surface area (Å²) in [6.07, 6.45) is 0.836. The van der Waals surface area contributed by atoms with Gasteiger partial charge in [0.15, 0.2) is 0 Å². The summed E-state index contributed by atoms with van der Waals surface area (Å²) in [4.78, 5) is 18.4. The molecule has 0 fully saturated rings. The number of nitrogens with one attached hydrogen (secondary N) is 1. The number of hydrogen-bond donors (Lipinski definition) is 1. The number of methoxy groups -OCH3 is 2. The first kappa shape index (κ1) is 15.6. The number of aromatic amines is 1. The van der Waals surface area contributed by atoms with Crippen LogP contribution in [0.5, 0.6) is 11.5 Å². The topological polar surface area (TPSA) is 54.6 Å². The maximum absolute atomic E-state index is 13.1. The van der Waals surface area contributed by atoms with Crippen molar-refractivity contribution in [2.75, 3.05) is 20.8 Å². The molecule has 1 aromatic heterocycles. The Hall–Kier alpha value is -2.95. The van der Waals surface area contributed by atoms with Crippen LogP contribution in [-0.2, 0) is 13.0 Å². The summed E-state index contributed by atoms with van der Waals surface area (Å²) >= 11 is 0. The van der Waals surface area contributed by atoms with Gasteiger partial charge in [-0.15, -0.1) is 0 Å². The van der Waals surface area contributed by atoms with Gasteiger partial charge in [-0.25, -0.2) is 0 Å². The van der Waals surface area contributed by atoms with Gasteiger partial charge in [0.05, 0.1) is 20.8 Å². The first-order valence-corrected chi connectivity index (χ1v) is 8.31. The molecule has 0 atom stereocenters. The van der Waals surface area contributed by atoms with E-state index in [-0.39, 0.29) is 5.91 Å². The number of hydrogen-bond acceptors (Lipinski definition) is 3. The largest absolute Gasteiger partial charge is 0.496 e. The van der Waals surface area contributed by atoms with Crippen molar-refractivity contribution in [3.05, 3.63) is 59.3 Å². The van der Waals surface area contributed by atoms with E-state index in [9.17, 15) is 4.79 Å². The lowest BCUT2D eigenvalue weighted by atomic mass is 10.0. The number of rotatable bonds is 3. The molecule has 25 heavy (non-hydrogen) atoms. The molecule has 0 aliphatic carbocycles. The second-order valence-electron chi connectivity index (χ2n) is 6.14. The van der Waals surface area contributed by atoms with Gasteiger partial charge in [0.2, 0.25) is 0 Å². The third-order valence-electron chi connectivity index (χ3n) is 4.81. The van der Waals surface area contributed by atoms with Crippen LogP contribution in [0.15, 0.2) is 42.5 Å². The Morgan fingerprint density at radius 1 is 1.04 bits per heavy atom. The van der Waals surface area contributed by atoms with Crippen LogP contribution in [0.3, 0.4) is 0 Å². The molecular weight excluding hydrogens is 316 g/mol. The van der Waals surface area contributed by atoms with Crippen molar-refractivity contribution in [3.8, 4) is 11.5 Å². The molecule has 4 rings (SSSR count). The standard InChI is InChI=1S/C20H20N2O3/c1-24-17-8-5-9-18(25-2)19(17)20(23)22-11-10-14-13-6-3-4-7-15(13)21-16(14)12-22/h3-9,21H,10-12H2,1-2H3. The minimum absolute atomic E-state index is 0.0707. The van der Waals surface area contributed by atoms with Crippen LogP contribution in [-0.4, -0.2) is 36.6 Å². The Morgan fingerprint density at radius 2 is 1.76 bits per heavy atom. The highest BCUT2D eigenvalue weighted by Crippen LogP contribution is 2.32. The third-order valence-corrected chi connectivity index (χ3v) is 4.81. The molecule has 5 heteroatoms. The fourth-order valence-electron chi connectivity index (χ4n) is 3.59. The number of aromatic nitrogens is 1. The average molecular weight is 336 g/mol. The number of benzene rings is 2. The summed E-state index contributed by atoms with van der Waals surface area (Å²) in [5.74, 6) is 0.997. The van der Waals surface area contributed by atoms with Crippen molar-refractivity contribution >= 4 is 16.8 Å². The van der Waals surface area contributed by atoms with E-state index in [1.165, 1.54) is 10.9 Å². The Balaban J connectivity index is 1.69. The molecule has 3 aromatic rings. The highest BCUT2D eigenvalue weighted by Gasteiger charge is 2.28. The van der Waals surface area contributed by atoms with Crippen molar-refractivity contribution in [2.24, 2.45) is 0 Å². The van der Waals surface area contributed by atoms with E-state index in [0.29, 0.717) is 30.2 Å². The molecule has 0 saturated heterocycles. The maximum atomic E-state index is 13.1. The highest BCUT2D eigenvalue weighted by molar-refractivity contribution is 6.00. The summed E-state index contributed by atoms with van der Waals surface area (Å²) in [6.45, 7) is 1.24. The van der Waals surface area contributed by atoms with Crippen LogP contribution < -0.4 is 9.47 Å². The molecule has 2 heterocycles. The lowest BCUT2D eigenvalue weighted by molar-refractivity contribution is 0.0726. The summed E-state index contributed by atoms with van der Waals surface area (Å²) in [5, 5.41) is 1.25. The second kappa shape index (κ2) is 6.16. The van der Waals surface area contributed by atoms with Crippen molar-refractivity contribution < 1.29 is 14.3 Å². The predicted molar refractivity (Wildman–Crippen MR) is 96.3 cm³/mol. The Morgan fingerprint density at radius 3 is 2.48 bits per heavy atom. The second-order valence-corrected chi connectivity index (χ2v) is 6.14. The number of carbonyl (C=O) groups is 1. The summed E-state index contributed by atoms with van der Waals surface area (Å²) in [6, 6.07) is 13.7. The fraction of sp³-hybridized carbons (Fsp3) is 0.250. The van der Waals surface area contributed by atoms with Crippen LogP contribution >= 0.6 is 0 Å². The number of ether oxygens (including phenoxy) is 2. The van der Waals surface area contributed by atoms with Gasteiger partial charge in [0.25, 0.3) is 5.91 Å². The maximum Gasteiger partial charge on any atom is 0.261 e. The minimum Gasteiger partial charge on any atom is -0.496 e. The van der Waals surface area contributed by atoms with E-state index < -0.39 is 0 Å². The quantitative estimate of drug-likeness (QED) is 0.798. The predicted octanol–water partition coefficient (Wildman–Crippen LogP) is 3.38. The van der Waals surface area contributed by atoms with Crippen LogP contribution in [0.4, 0.5) is 0 Å². The Labute approximate surface area is 146 Å². The zero-order valence-electron chi connectivity index (χ0n) is 14.3. The summed E-state index contributed by atoms with van der Waals surface area (Å²) < 4.78 is 10.8. The molecule has 5 nitrogen and oxygen atoms in total. The van der Waals surface area contributed by atoms with Gasteiger partial charge < -0.3 is 19.4 Å². The van der Waals surface area contributed by atoms with E-state index in [1.807, 2.05) is 23.1 Å². The number of amides is 1. The van der Waals surface area contributed by atoms with Gasteiger partial charge in [0.1, 0.15) is 17.1 Å². The number of nitrogens with zero attached hydrogens (tertiary/aromatic N) is 1. The van der Waals surface area contributed by atoms with Gasteiger partial charge >= 0.3 is 0 Å². The Bertz CT molecular complexity index is 923. The van der Waals surface area contributed by atoms with Crippen molar-refractivity contribution in [2.45, 2.75) is 13.0 Å². The molecule has 2 aromatic carbocycles. The van der Waals surface area contributed by atoms with Gasteiger partial charge in [0, 0.05) is 23.1 Å². The summed E-state index contributed by atoms with van der Waals surface area (Å²) in [7, 11) is 3.13. The van der Waals surface area contributed by atoms with Gasteiger partial charge in [-0.05, 0) is 30.2 Å². The van der Waals surface area contributed by atoms with E-state index in [1.54, 1.807) is 26.4 Å². The monoisotopic (exact) mass is 336 g/mol. The molecular formula is C20H20N2O3. The molecule has 128 valence electrons. The molecule has 0 saturated carbocycles. The molecule has 0 bridgehead atoms. The normalized spacial score (nSPS) is 13.6.